The molecule has 5 nitrogen and oxygen atoms in total. The number of ether oxygens (including phenoxy) is 1. The highest BCUT2D eigenvalue weighted by Crippen LogP contribution is 2.28. The van der Waals surface area contributed by atoms with E-state index in [-0.39, 0.29) is 24.5 Å². The first kappa shape index (κ1) is 24.1. The first-order valence-electron chi connectivity index (χ1n) is 10.3. The summed E-state index contributed by atoms with van der Waals surface area (Å²) in [6.45, 7) is 1.89. The standard InChI is InChI=1S/C23H25Br2ClN2O3/c1-15(23(30)27-19-7-2-3-8-19)28(13-16-5-4-6-17(24)11-16)22(29)14-31-21-10-9-18(26)12-20(21)25/h4-6,9-12,15,19H,2-3,7-8,13-14H2,1H3,(H,27,30)/t15-/m0/s1. The van der Waals surface area contributed by atoms with Crippen LogP contribution in [0.2, 0.25) is 5.02 Å². The average molecular weight is 573 g/mol. The summed E-state index contributed by atoms with van der Waals surface area (Å²) >= 11 is 12.8. The van der Waals surface area contributed by atoms with Crippen LogP contribution < -0.4 is 10.1 Å². The second-order valence-corrected chi connectivity index (χ2v) is 9.89. The van der Waals surface area contributed by atoms with Crippen molar-refractivity contribution >= 4 is 55.3 Å². The van der Waals surface area contributed by atoms with E-state index < -0.39 is 6.04 Å². The number of carbonyl (C=O) groups excluding carboxylic acids is 2. The van der Waals surface area contributed by atoms with Crippen molar-refractivity contribution in [2.24, 2.45) is 0 Å². The van der Waals surface area contributed by atoms with Gasteiger partial charge < -0.3 is 15.0 Å². The van der Waals surface area contributed by atoms with Crippen molar-refractivity contribution in [2.75, 3.05) is 6.61 Å². The molecule has 2 aromatic carbocycles. The van der Waals surface area contributed by atoms with Gasteiger partial charge in [-0.3, -0.25) is 9.59 Å². The van der Waals surface area contributed by atoms with Gasteiger partial charge in [0.2, 0.25) is 5.91 Å². The molecule has 0 aliphatic heterocycles. The third-order valence-corrected chi connectivity index (χ3v) is 6.70. The third-order valence-electron chi connectivity index (χ3n) is 5.36. The Balaban J connectivity index is 1.73. The van der Waals surface area contributed by atoms with Crippen LogP contribution in [0, 0.1) is 0 Å². The molecule has 0 spiro atoms. The van der Waals surface area contributed by atoms with Crippen LogP contribution in [0.25, 0.3) is 0 Å². The SMILES string of the molecule is C[C@@H](C(=O)NC1CCCC1)N(Cc1cccc(Br)c1)C(=O)COc1ccc(Cl)cc1Br. The van der Waals surface area contributed by atoms with Gasteiger partial charge in [0.15, 0.2) is 6.61 Å². The largest absolute Gasteiger partial charge is 0.483 e. The zero-order valence-corrected chi connectivity index (χ0v) is 21.2. The number of rotatable bonds is 8. The summed E-state index contributed by atoms with van der Waals surface area (Å²) in [5, 5.41) is 3.66. The van der Waals surface area contributed by atoms with E-state index in [1.165, 1.54) is 0 Å². The summed E-state index contributed by atoms with van der Waals surface area (Å²) in [6.07, 6.45) is 4.24. The van der Waals surface area contributed by atoms with Crippen LogP contribution in [0.1, 0.15) is 38.2 Å². The topological polar surface area (TPSA) is 58.6 Å². The minimum absolute atomic E-state index is 0.136. The van der Waals surface area contributed by atoms with E-state index in [4.69, 9.17) is 16.3 Å². The molecule has 1 aliphatic carbocycles. The molecule has 8 heteroatoms. The summed E-state index contributed by atoms with van der Waals surface area (Å²) in [5.41, 5.74) is 0.927. The van der Waals surface area contributed by atoms with Crippen molar-refractivity contribution < 1.29 is 14.3 Å². The summed E-state index contributed by atoms with van der Waals surface area (Å²) in [6, 6.07) is 12.4. The number of hydrogen-bond donors (Lipinski definition) is 1. The van der Waals surface area contributed by atoms with Crippen molar-refractivity contribution in [1.82, 2.24) is 10.2 Å². The normalized spacial score (nSPS) is 14.8. The van der Waals surface area contributed by atoms with Crippen molar-refractivity contribution in [2.45, 2.75) is 51.2 Å². The van der Waals surface area contributed by atoms with Gasteiger partial charge in [-0.15, -0.1) is 0 Å². The van der Waals surface area contributed by atoms with Crippen molar-refractivity contribution in [3.05, 3.63) is 62.0 Å². The summed E-state index contributed by atoms with van der Waals surface area (Å²) in [7, 11) is 0. The first-order chi connectivity index (χ1) is 14.8. The van der Waals surface area contributed by atoms with Gasteiger partial charge in [0.25, 0.3) is 5.91 Å². The Labute approximate surface area is 204 Å². The maximum Gasteiger partial charge on any atom is 0.261 e. The average Bonchev–Trinajstić information content (AvgIpc) is 3.23. The molecule has 0 aromatic heterocycles. The quantitative estimate of drug-likeness (QED) is 0.440. The van der Waals surface area contributed by atoms with Gasteiger partial charge in [-0.2, -0.15) is 0 Å². The molecule has 0 bridgehead atoms. The molecule has 1 saturated carbocycles. The highest BCUT2D eigenvalue weighted by Gasteiger charge is 2.28. The maximum absolute atomic E-state index is 13.1. The predicted octanol–water partition coefficient (Wildman–Crippen LogP) is 5.72. The summed E-state index contributed by atoms with van der Waals surface area (Å²) in [5.74, 6) is 0.113. The number of amides is 2. The summed E-state index contributed by atoms with van der Waals surface area (Å²) < 4.78 is 7.31. The number of benzene rings is 2. The van der Waals surface area contributed by atoms with E-state index in [2.05, 4.69) is 37.2 Å². The molecule has 31 heavy (non-hydrogen) atoms. The van der Waals surface area contributed by atoms with Crippen LogP contribution >= 0.6 is 43.5 Å². The Morgan fingerprint density at radius 3 is 2.61 bits per heavy atom. The summed E-state index contributed by atoms with van der Waals surface area (Å²) in [4.78, 5) is 27.6. The molecule has 166 valence electrons. The monoisotopic (exact) mass is 570 g/mol. The van der Waals surface area contributed by atoms with Crippen LogP contribution in [0.3, 0.4) is 0 Å². The molecule has 2 amide bonds. The minimum Gasteiger partial charge on any atom is -0.483 e. The molecular weight excluding hydrogens is 548 g/mol. The lowest BCUT2D eigenvalue weighted by atomic mass is 10.1. The van der Waals surface area contributed by atoms with Crippen LogP contribution in [-0.4, -0.2) is 35.4 Å². The van der Waals surface area contributed by atoms with E-state index in [1.807, 2.05) is 24.3 Å². The molecular formula is C23H25Br2ClN2O3. The fraction of sp³-hybridized carbons (Fsp3) is 0.391. The zero-order valence-electron chi connectivity index (χ0n) is 17.2. The van der Waals surface area contributed by atoms with Crippen LogP contribution in [-0.2, 0) is 16.1 Å². The van der Waals surface area contributed by atoms with Crippen molar-refractivity contribution in [3.63, 3.8) is 0 Å². The highest BCUT2D eigenvalue weighted by molar-refractivity contribution is 9.10. The Kier molecular flexibility index (Phi) is 8.81. The molecule has 0 heterocycles. The number of nitrogens with zero attached hydrogens (tertiary/aromatic N) is 1. The maximum atomic E-state index is 13.1. The Morgan fingerprint density at radius 2 is 1.94 bits per heavy atom. The molecule has 0 saturated heterocycles. The van der Waals surface area contributed by atoms with Crippen molar-refractivity contribution in [1.29, 1.82) is 0 Å². The van der Waals surface area contributed by atoms with E-state index in [0.29, 0.717) is 21.8 Å². The van der Waals surface area contributed by atoms with Crippen LogP contribution in [0.4, 0.5) is 0 Å². The van der Waals surface area contributed by atoms with Gasteiger partial charge in [0.1, 0.15) is 11.8 Å². The smallest absolute Gasteiger partial charge is 0.261 e. The highest BCUT2D eigenvalue weighted by atomic mass is 79.9. The van der Waals surface area contributed by atoms with Gasteiger partial charge >= 0.3 is 0 Å². The molecule has 0 unspecified atom stereocenters. The third kappa shape index (κ3) is 6.96. The molecule has 2 aromatic rings. The van der Waals surface area contributed by atoms with Gasteiger partial charge in [0.05, 0.1) is 4.47 Å². The fourth-order valence-electron chi connectivity index (χ4n) is 3.62. The molecule has 1 atom stereocenters. The number of halogens is 3. The van der Waals surface area contributed by atoms with Crippen LogP contribution in [0.15, 0.2) is 51.4 Å². The Morgan fingerprint density at radius 1 is 1.19 bits per heavy atom. The lowest BCUT2D eigenvalue weighted by Gasteiger charge is -2.29. The first-order valence-corrected chi connectivity index (χ1v) is 12.2. The van der Waals surface area contributed by atoms with E-state index in [9.17, 15) is 9.59 Å². The number of hydrogen-bond acceptors (Lipinski definition) is 3. The molecule has 1 N–H and O–H groups in total. The van der Waals surface area contributed by atoms with Gasteiger partial charge in [-0.1, -0.05) is 52.5 Å². The molecule has 0 radical (unpaired) electrons. The Bertz CT molecular complexity index is 935. The van der Waals surface area contributed by atoms with Gasteiger partial charge in [-0.05, 0) is 71.6 Å². The van der Waals surface area contributed by atoms with Crippen molar-refractivity contribution in [3.8, 4) is 5.75 Å². The predicted molar refractivity (Wildman–Crippen MR) is 129 cm³/mol. The van der Waals surface area contributed by atoms with E-state index in [0.717, 1.165) is 35.7 Å². The second kappa shape index (κ2) is 11.3. The molecule has 1 aliphatic rings. The van der Waals surface area contributed by atoms with E-state index in [1.54, 1.807) is 30.0 Å². The molecule has 3 rings (SSSR count). The minimum atomic E-state index is -0.621. The Hall–Kier alpha value is -1.57. The van der Waals surface area contributed by atoms with Crippen LogP contribution in [0.5, 0.6) is 5.75 Å². The van der Waals surface area contributed by atoms with Gasteiger partial charge in [0, 0.05) is 22.1 Å². The number of carbonyl (C=O) groups is 2. The fourth-order valence-corrected chi connectivity index (χ4v) is 4.87. The molecule has 1 fully saturated rings. The number of nitrogens with one attached hydrogen (secondary N) is 1. The lowest BCUT2D eigenvalue weighted by molar-refractivity contribution is -0.142. The van der Waals surface area contributed by atoms with E-state index >= 15 is 0 Å². The lowest BCUT2D eigenvalue weighted by Crippen LogP contribution is -2.50. The second-order valence-electron chi connectivity index (χ2n) is 7.68. The van der Waals surface area contributed by atoms with Gasteiger partial charge in [-0.25, -0.2) is 0 Å². The zero-order chi connectivity index (χ0) is 22.4.